The van der Waals surface area contributed by atoms with Gasteiger partial charge in [-0.25, -0.2) is 0 Å². The average Bonchev–Trinajstić information content (AvgIpc) is 2.53. The molecule has 0 aliphatic carbocycles. The largest absolute Gasteiger partial charge is 0.457 e. The summed E-state index contributed by atoms with van der Waals surface area (Å²) in [6.07, 6.45) is 2.21. The van der Waals surface area contributed by atoms with E-state index in [-0.39, 0.29) is 0 Å². The fourth-order valence-electron chi connectivity index (χ4n) is 2.66. The van der Waals surface area contributed by atoms with Gasteiger partial charge in [-0.15, -0.1) is 0 Å². The number of hydrogen-bond acceptors (Lipinski definition) is 3. The third kappa shape index (κ3) is 4.06. The van der Waals surface area contributed by atoms with Gasteiger partial charge >= 0.3 is 0 Å². The van der Waals surface area contributed by atoms with E-state index in [1.165, 1.54) is 5.56 Å². The van der Waals surface area contributed by atoms with Gasteiger partial charge in [0.25, 0.3) is 0 Å². The van der Waals surface area contributed by atoms with Crippen LogP contribution in [0.5, 0.6) is 11.5 Å². The van der Waals surface area contributed by atoms with E-state index in [1.54, 1.807) is 0 Å². The summed E-state index contributed by atoms with van der Waals surface area (Å²) >= 11 is 0. The molecule has 0 amide bonds. The maximum atomic E-state index is 5.94. The van der Waals surface area contributed by atoms with Gasteiger partial charge in [-0.05, 0) is 55.8 Å². The van der Waals surface area contributed by atoms with Crippen molar-refractivity contribution < 1.29 is 4.74 Å². The number of nitrogens with zero attached hydrogens (tertiary/aromatic N) is 1. The molecule has 3 rings (SSSR count). The van der Waals surface area contributed by atoms with Crippen LogP contribution in [0.4, 0.5) is 0 Å². The standard InChI is InChI=1S/C18H22N2O/c19-16-10-12-20(13-11-16)14-15-6-8-18(9-7-15)21-17-4-2-1-3-5-17/h1-9,16H,10-14,19H2. The van der Waals surface area contributed by atoms with Crippen LogP contribution in [0, 0.1) is 0 Å². The minimum Gasteiger partial charge on any atom is -0.457 e. The lowest BCUT2D eigenvalue weighted by molar-refractivity contribution is 0.205. The number of piperidine rings is 1. The topological polar surface area (TPSA) is 38.5 Å². The number of para-hydroxylation sites is 1. The third-order valence-corrected chi connectivity index (χ3v) is 3.94. The summed E-state index contributed by atoms with van der Waals surface area (Å²) in [5, 5.41) is 0. The van der Waals surface area contributed by atoms with Crippen molar-refractivity contribution in [3.8, 4) is 11.5 Å². The lowest BCUT2D eigenvalue weighted by Gasteiger charge is -2.30. The van der Waals surface area contributed by atoms with Gasteiger partial charge in [0.05, 0.1) is 0 Å². The lowest BCUT2D eigenvalue weighted by Crippen LogP contribution is -2.39. The van der Waals surface area contributed by atoms with Crippen LogP contribution < -0.4 is 10.5 Å². The highest BCUT2D eigenvalue weighted by molar-refractivity contribution is 5.32. The van der Waals surface area contributed by atoms with Crippen LogP contribution in [0.3, 0.4) is 0 Å². The number of benzene rings is 2. The smallest absolute Gasteiger partial charge is 0.127 e. The molecule has 0 unspecified atom stereocenters. The van der Waals surface area contributed by atoms with Crippen molar-refractivity contribution in [2.24, 2.45) is 5.73 Å². The van der Waals surface area contributed by atoms with Crippen molar-refractivity contribution in [2.75, 3.05) is 13.1 Å². The van der Waals surface area contributed by atoms with E-state index in [0.717, 1.165) is 44.0 Å². The summed E-state index contributed by atoms with van der Waals surface area (Å²) in [6, 6.07) is 18.6. The first-order valence-corrected chi connectivity index (χ1v) is 7.59. The molecule has 1 aliphatic rings. The van der Waals surface area contributed by atoms with E-state index in [1.807, 2.05) is 42.5 Å². The molecule has 1 saturated heterocycles. The molecule has 1 fully saturated rings. The van der Waals surface area contributed by atoms with E-state index in [9.17, 15) is 0 Å². The molecule has 0 aromatic heterocycles. The Morgan fingerprint density at radius 2 is 1.52 bits per heavy atom. The fourth-order valence-corrected chi connectivity index (χ4v) is 2.66. The summed E-state index contributed by atoms with van der Waals surface area (Å²) in [5.74, 6) is 1.75. The Bertz CT molecular complexity index is 545. The summed E-state index contributed by atoms with van der Waals surface area (Å²) in [4.78, 5) is 2.47. The zero-order valence-corrected chi connectivity index (χ0v) is 12.2. The minimum atomic E-state index is 0.392. The van der Waals surface area contributed by atoms with Gasteiger partial charge < -0.3 is 10.5 Å². The second-order valence-corrected chi connectivity index (χ2v) is 5.67. The van der Waals surface area contributed by atoms with Crippen LogP contribution in [0.2, 0.25) is 0 Å². The molecule has 1 heterocycles. The highest BCUT2D eigenvalue weighted by atomic mass is 16.5. The van der Waals surface area contributed by atoms with Gasteiger partial charge in [0.15, 0.2) is 0 Å². The minimum absolute atomic E-state index is 0.392. The van der Waals surface area contributed by atoms with Gasteiger partial charge in [0.2, 0.25) is 0 Å². The molecule has 1 aliphatic heterocycles. The monoisotopic (exact) mass is 282 g/mol. The first-order valence-electron chi connectivity index (χ1n) is 7.59. The Labute approximate surface area is 126 Å². The van der Waals surface area contributed by atoms with E-state index in [2.05, 4.69) is 17.0 Å². The highest BCUT2D eigenvalue weighted by Gasteiger charge is 2.15. The van der Waals surface area contributed by atoms with Crippen LogP contribution in [-0.2, 0) is 6.54 Å². The van der Waals surface area contributed by atoms with Gasteiger partial charge in [-0.2, -0.15) is 0 Å². The average molecular weight is 282 g/mol. The lowest BCUT2D eigenvalue weighted by atomic mass is 10.1. The number of rotatable bonds is 4. The molecule has 0 spiro atoms. The molecular weight excluding hydrogens is 260 g/mol. The molecule has 0 atom stereocenters. The summed E-state index contributed by atoms with van der Waals surface area (Å²) in [6.45, 7) is 3.20. The molecule has 21 heavy (non-hydrogen) atoms. The van der Waals surface area contributed by atoms with Crippen LogP contribution in [-0.4, -0.2) is 24.0 Å². The number of hydrogen-bond donors (Lipinski definition) is 1. The zero-order chi connectivity index (χ0) is 14.5. The van der Waals surface area contributed by atoms with Crippen molar-refractivity contribution in [1.29, 1.82) is 0 Å². The van der Waals surface area contributed by atoms with E-state index >= 15 is 0 Å². The predicted octanol–water partition coefficient (Wildman–Crippen LogP) is 3.40. The molecule has 0 radical (unpaired) electrons. The van der Waals surface area contributed by atoms with Crippen LogP contribution in [0.1, 0.15) is 18.4 Å². The number of ether oxygens (including phenoxy) is 1. The van der Waals surface area contributed by atoms with Gasteiger partial charge in [0.1, 0.15) is 11.5 Å². The first-order chi connectivity index (χ1) is 10.3. The third-order valence-electron chi connectivity index (χ3n) is 3.94. The Morgan fingerprint density at radius 3 is 2.19 bits per heavy atom. The first kappa shape index (κ1) is 14.1. The molecule has 3 nitrogen and oxygen atoms in total. The van der Waals surface area contributed by atoms with Crippen molar-refractivity contribution in [1.82, 2.24) is 4.90 Å². The molecule has 2 aromatic carbocycles. The molecule has 0 saturated carbocycles. The maximum absolute atomic E-state index is 5.94. The van der Waals surface area contributed by atoms with Gasteiger partial charge in [-0.3, -0.25) is 4.90 Å². The van der Waals surface area contributed by atoms with Crippen LogP contribution in [0.15, 0.2) is 54.6 Å². The second-order valence-electron chi connectivity index (χ2n) is 5.67. The molecule has 2 aromatic rings. The number of likely N-dealkylation sites (tertiary alicyclic amines) is 1. The number of nitrogens with two attached hydrogens (primary N) is 1. The Balaban J connectivity index is 1.57. The van der Waals surface area contributed by atoms with Crippen molar-refractivity contribution in [3.63, 3.8) is 0 Å². The van der Waals surface area contributed by atoms with Crippen molar-refractivity contribution in [3.05, 3.63) is 60.2 Å². The molecule has 0 bridgehead atoms. The second kappa shape index (κ2) is 6.74. The Morgan fingerprint density at radius 1 is 0.905 bits per heavy atom. The van der Waals surface area contributed by atoms with Crippen molar-refractivity contribution >= 4 is 0 Å². The normalized spacial score (nSPS) is 16.8. The molecule has 3 heteroatoms. The van der Waals surface area contributed by atoms with E-state index in [0.29, 0.717) is 6.04 Å². The molecule has 2 N–H and O–H groups in total. The Hall–Kier alpha value is -1.84. The predicted molar refractivity (Wildman–Crippen MR) is 85.4 cm³/mol. The fraction of sp³-hybridized carbons (Fsp3) is 0.333. The van der Waals surface area contributed by atoms with Gasteiger partial charge in [-0.1, -0.05) is 30.3 Å². The van der Waals surface area contributed by atoms with Gasteiger partial charge in [0, 0.05) is 12.6 Å². The Kier molecular flexibility index (Phi) is 4.53. The van der Waals surface area contributed by atoms with Crippen molar-refractivity contribution in [2.45, 2.75) is 25.4 Å². The highest BCUT2D eigenvalue weighted by Crippen LogP contribution is 2.22. The molecule has 110 valence electrons. The summed E-state index contributed by atoms with van der Waals surface area (Å²) in [5.41, 5.74) is 7.27. The quantitative estimate of drug-likeness (QED) is 0.934. The maximum Gasteiger partial charge on any atom is 0.127 e. The summed E-state index contributed by atoms with van der Waals surface area (Å²) < 4.78 is 5.81. The van der Waals surface area contributed by atoms with Crippen LogP contribution in [0.25, 0.3) is 0 Å². The molecular formula is C18H22N2O. The zero-order valence-electron chi connectivity index (χ0n) is 12.2. The van der Waals surface area contributed by atoms with E-state index < -0.39 is 0 Å². The SMILES string of the molecule is NC1CCN(Cc2ccc(Oc3ccccc3)cc2)CC1. The van der Waals surface area contributed by atoms with E-state index in [4.69, 9.17) is 10.5 Å². The van der Waals surface area contributed by atoms with Crippen LogP contribution >= 0.6 is 0 Å². The summed E-state index contributed by atoms with van der Waals surface area (Å²) in [7, 11) is 0.